The van der Waals surface area contributed by atoms with Crippen molar-refractivity contribution in [3.63, 3.8) is 0 Å². The summed E-state index contributed by atoms with van der Waals surface area (Å²) in [5, 5.41) is 3.46. The highest BCUT2D eigenvalue weighted by atomic mass is 16.5. The van der Waals surface area contributed by atoms with Gasteiger partial charge >= 0.3 is 5.69 Å². The van der Waals surface area contributed by atoms with Crippen molar-refractivity contribution in [2.24, 2.45) is 7.05 Å². The molecule has 2 aliphatic rings. The van der Waals surface area contributed by atoms with Gasteiger partial charge in [-0.3, -0.25) is 9.13 Å². The van der Waals surface area contributed by atoms with Crippen molar-refractivity contribution >= 4 is 28.2 Å². The molecule has 0 amide bonds. The standard InChI is InChI=1S/C23H29N5O2/c1-16-13-18(27-9-11-30-12-10-27)7-8-19(16)25-22-14-20-21(15-24-22)26(2)23(29)28(20)17-5-3-4-6-17/h7-8,13-15,17H,3-6,9-12H2,1-2H3,(H,24,25). The predicted octanol–water partition coefficient (Wildman–Crippen LogP) is 3.74. The van der Waals surface area contributed by atoms with Gasteiger partial charge in [-0.15, -0.1) is 0 Å². The van der Waals surface area contributed by atoms with E-state index in [0.29, 0.717) is 6.04 Å². The molecule has 0 spiro atoms. The Morgan fingerprint density at radius 3 is 2.60 bits per heavy atom. The minimum atomic E-state index is 0.0573. The van der Waals surface area contributed by atoms with Crippen LogP contribution in [0.2, 0.25) is 0 Å². The van der Waals surface area contributed by atoms with Gasteiger partial charge in [-0.1, -0.05) is 12.8 Å². The number of aryl methyl sites for hydroxylation is 2. The monoisotopic (exact) mass is 407 g/mol. The summed E-state index contributed by atoms with van der Waals surface area (Å²) in [5.41, 5.74) is 5.34. The van der Waals surface area contributed by atoms with E-state index in [2.05, 4.69) is 40.3 Å². The number of benzene rings is 1. The normalized spacial score (nSPS) is 17.7. The number of morpholine rings is 1. The second kappa shape index (κ2) is 7.80. The number of pyridine rings is 1. The molecule has 158 valence electrons. The van der Waals surface area contributed by atoms with E-state index in [1.807, 2.05) is 23.9 Å². The highest BCUT2D eigenvalue weighted by Gasteiger charge is 2.23. The van der Waals surface area contributed by atoms with Crippen molar-refractivity contribution in [3.8, 4) is 0 Å². The van der Waals surface area contributed by atoms with Crippen LogP contribution in [0.3, 0.4) is 0 Å². The van der Waals surface area contributed by atoms with Crippen LogP contribution in [0.4, 0.5) is 17.2 Å². The fourth-order valence-electron chi connectivity index (χ4n) is 4.78. The molecule has 1 saturated carbocycles. The highest BCUT2D eigenvalue weighted by Crippen LogP contribution is 2.32. The van der Waals surface area contributed by atoms with Crippen molar-refractivity contribution in [1.29, 1.82) is 0 Å². The number of imidazole rings is 1. The van der Waals surface area contributed by atoms with E-state index in [9.17, 15) is 4.79 Å². The summed E-state index contributed by atoms with van der Waals surface area (Å²) < 4.78 is 9.15. The van der Waals surface area contributed by atoms with E-state index in [-0.39, 0.29) is 5.69 Å². The number of hydrogen-bond acceptors (Lipinski definition) is 5. The van der Waals surface area contributed by atoms with Crippen molar-refractivity contribution < 1.29 is 4.74 Å². The molecule has 1 saturated heterocycles. The maximum atomic E-state index is 12.9. The Labute approximate surface area is 176 Å². The van der Waals surface area contributed by atoms with Crippen LogP contribution in [0.15, 0.2) is 35.3 Å². The highest BCUT2D eigenvalue weighted by molar-refractivity contribution is 5.79. The molecule has 3 heterocycles. The van der Waals surface area contributed by atoms with Crippen LogP contribution in [0.1, 0.15) is 37.3 Å². The first-order valence-electron chi connectivity index (χ1n) is 10.9. The van der Waals surface area contributed by atoms with Crippen molar-refractivity contribution in [3.05, 3.63) is 46.5 Å². The molecule has 2 fully saturated rings. The lowest BCUT2D eigenvalue weighted by Crippen LogP contribution is -2.36. The van der Waals surface area contributed by atoms with Crippen molar-refractivity contribution in [2.75, 3.05) is 36.5 Å². The summed E-state index contributed by atoms with van der Waals surface area (Å²) in [6.07, 6.45) is 6.34. The third-order valence-corrected chi connectivity index (χ3v) is 6.51. The lowest BCUT2D eigenvalue weighted by molar-refractivity contribution is 0.122. The average molecular weight is 408 g/mol. The van der Waals surface area contributed by atoms with E-state index in [0.717, 1.165) is 61.7 Å². The molecule has 7 heteroatoms. The molecule has 1 N–H and O–H groups in total. The molecule has 30 heavy (non-hydrogen) atoms. The minimum Gasteiger partial charge on any atom is -0.378 e. The molecule has 3 aromatic rings. The van der Waals surface area contributed by atoms with Gasteiger partial charge in [0.25, 0.3) is 0 Å². The molecule has 0 unspecified atom stereocenters. The van der Waals surface area contributed by atoms with Crippen molar-refractivity contribution in [2.45, 2.75) is 38.6 Å². The lowest BCUT2D eigenvalue weighted by Gasteiger charge is -2.29. The summed E-state index contributed by atoms with van der Waals surface area (Å²) in [6.45, 7) is 5.53. The number of nitrogens with one attached hydrogen (secondary N) is 1. The first kappa shape index (κ1) is 19.2. The fraction of sp³-hybridized carbons (Fsp3) is 0.478. The largest absolute Gasteiger partial charge is 0.378 e. The second-order valence-electron chi connectivity index (χ2n) is 8.43. The minimum absolute atomic E-state index is 0.0573. The Balaban J connectivity index is 1.45. The summed E-state index contributed by atoms with van der Waals surface area (Å²) in [7, 11) is 1.83. The molecule has 1 aliphatic carbocycles. The zero-order valence-corrected chi connectivity index (χ0v) is 17.7. The third-order valence-electron chi connectivity index (χ3n) is 6.51. The van der Waals surface area contributed by atoms with Gasteiger partial charge in [0.15, 0.2) is 0 Å². The van der Waals surface area contributed by atoms with Gasteiger partial charge in [-0.05, 0) is 43.5 Å². The fourth-order valence-corrected chi connectivity index (χ4v) is 4.78. The van der Waals surface area contributed by atoms with E-state index in [4.69, 9.17) is 4.74 Å². The smallest absolute Gasteiger partial charge is 0.329 e. The molecule has 0 atom stereocenters. The van der Waals surface area contributed by atoms with E-state index in [1.54, 1.807) is 4.57 Å². The first-order valence-corrected chi connectivity index (χ1v) is 10.9. The Hall–Kier alpha value is -2.80. The first-order chi connectivity index (χ1) is 14.6. The number of aromatic nitrogens is 3. The average Bonchev–Trinajstić information content (AvgIpc) is 3.37. The van der Waals surface area contributed by atoms with Gasteiger partial charge in [0.1, 0.15) is 5.82 Å². The maximum Gasteiger partial charge on any atom is 0.329 e. The number of ether oxygens (including phenoxy) is 1. The number of nitrogens with zero attached hydrogens (tertiary/aromatic N) is 4. The number of fused-ring (bicyclic) bond motifs is 1. The lowest BCUT2D eigenvalue weighted by atomic mass is 10.1. The summed E-state index contributed by atoms with van der Waals surface area (Å²) >= 11 is 0. The van der Waals surface area contributed by atoms with E-state index >= 15 is 0 Å². The van der Waals surface area contributed by atoms with E-state index < -0.39 is 0 Å². The van der Waals surface area contributed by atoms with Gasteiger partial charge in [0.05, 0.1) is 30.4 Å². The van der Waals surface area contributed by atoms with Gasteiger partial charge in [-0.25, -0.2) is 9.78 Å². The SMILES string of the molecule is Cc1cc(N2CCOCC2)ccc1Nc1cc2c(cn1)n(C)c(=O)n2C1CCCC1. The van der Waals surface area contributed by atoms with Crippen LogP contribution in [-0.2, 0) is 11.8 Å². The molecule has 1 aromatic carbocycles. The zero-order valence-electron chi connectivity index (χ0n) is 17.7. The van der Waals surface area contributed by atoms with E-state index in [1.165, 1.54) is 24.1 Å². The molecule has 1 aliphatic heterocycles. The number of anilines is 3. The molecule has 0 bridgehead atoms. The summed E-state index contributed by atoms with van der Waals surface area (Å²) in [4.78, 5) is 19.8. The molecular weight excluding hydrogens is 378 g/mol. The Kier molecular flexibility index (Phi) is 4.98. The third kappa shape index (κ3) is 3.37. The van der Waals surface area contributed by atoms with Gasteiger partial charge in [-0.2, -0.15) is 0 Å². The van der Waals surface area contributed by atoms with Crippen LogP contribution < -0.4 is 15.9 Å². The maximum absolute atomic E-state index is 12.9. The van der Waals surface area contributed by atoms with Gasteiger partial charge < -0.3 is 15.0 Å². The van der Waals surface area contributed by atoms with Crippen molar-refractivity contribution in [1.82, 2.24) is 14.1 Å². The topological polar surface area (TPSA) is 64.3 Å². The summed E-state index contributed by atoms with van der Waals surface area (Å²) in [5.74, 6) is 0.766. The summed E-state index contributed by atoms with van der Waals surface area (Å²) in [6, 6.07) is 8.79. The zero-order chi connectivity index (χ0) is 20.7. The quantitative estimate of drug-likeness (QED) is 0.714. The predicted molar refractivity (Wildman–Crippen MR) is 120 cm³/mol. The van der Waals surface area contributed by atoms with Crippen LogP contribution in [0.25, 0.3) is 11.0 Å². The molecule has 7 nitrogen and oxygen atoms in total. The Morgan fingerprint density at radius 2 is 1.87 bits per heavy atom. The van der Waals surface area contributed by atoms with Crippen LogP contribution in [-0.4, -0.2) is 40.4 Å². The van der Waals surface area contributed by atoms with Crippen LogP contribution >= 0.6 is 0 Å². The van der Waals surface area contributed by atoms with Gasteiger partial charge in [0.2, 0.25) is 0 Å². The molecular formula is C23H29N5O2. The van der Waals surface area contributed by atoms with Crippen LogP contribution in [0, 0.1) is 6.92 Å². The number of rotatable bonds is 4. The van der Waals surface area contributed by atoms with Gasteiger partial charge in [0, 0.05) is 43.6 Å². The van der Waals surface area contributed by atoms with Crippen LogP contribution in [0.5, 0.6) is 0 Å². The second-order valence-corrected chi connectivity index (χ2v) is 8.43. The Morgan fingerprint density at radius 1 is 1.10 bits per heavy atom. The molecule has 5 rings (SSSR count). The number of hydrogen-bond donors (Lipinski definition) is 1. The molecule has 0 radical (unpaired) electrons. The molecule has 2 aromatic heterocycles. The Bertz CT molecular complexity index is 1120.